The van der Waals surface area contributed by atoms with E-state index in [0.29, 0.717) is 0 Å². The summed E-state index contributed by atoms with van der Waals surface area (Å²) in [6.45, 7) is 4.76. The number of benzene rings is 10. The fourth-order valence-corrected chi connectivity index (χ4v) is 13.1. The van der Waals surface area contributed by atoms with E-state index in [1.807, 2.05) is 0 Å². The van der Waals surface area contributed by atoms with Gasteiger partial charge in [0.2, 0.25) is 0 Å². The zero-order valence-electron chi connectivity index (χ0n) is 40.0. The predicted octanol–water partition coefficient (Wildman–Crippen LogP) is 17.6. The second-order valence-corrected chi connectivity index (χ2v) is 20.2. The van der Waals surface area contributed by atoms with E-state index < -0.39 is 5.41 Å². The highest BCUT2D eigenvalue weighted by Gasteiger charge is 2.51. The second kappa shape index (κ2) is 15.2. The van der Waals surface area contributed by atoms with Crippen LogP contribution in [-0.2, 0) is 10.8 Å². The summed E-state index contributed by atoms with van der Waals surface area (Å²) in [6, 6.07) is 92.2. The molecular formula is C69H47N3. The normalized spacial score (nSPS) is 13.9. The molecule has 0 saturated carbocycles. The maximum absolute atomic E-state index is 5.53. The van der Waals surface area contributed by atoms with E-state index in [0.717, 1.165) is 67.0 Å². The van der Waals surface area contributed by atoms with Gasteiger partial charge in [0.15, 0.2) is 0 Å². The lowest BCUT2D eigenvalue weighted by atomic mass is 9.70. The van der Waals surface area contributed by atoms with Gasteiger partial charge in [-0.25, -0.2) is 4.52 Å². The van der Waals surface area contributed by atoms with Gasteiger partial charge in [0.25, 0.3) is 0 Å². The molecular weight excluding hydrogens is 871 g/mol. The molecule has 12 aromatic rings. The second-order valence-electron chi connectivity index (χ2n) is 20.2. The van der Waals surface area contributed by atoms with Gasteiger partial charge in [0.1, 0.15) is 5.69 Å². The molecule has 3 aliphatic rings. The molecule has 0 atom stereocenters. The molecule has 0 N–H and O–H groups in total. The Kier molecular flexibility index (Phi) is 8.63. The number of pyridine rings is 1. The molecule has 0 aliphatic heterocycles. The third-order valence-electron chi connectivity index (χ3n) is 16.2. The third-order valence-corrected chi connectivity index (χ3v) is 16.2. The van der Waals surface area contributed by atoms with Crippen molar-refractivity contribution in [3.8, 4) is 67.0 Å². The highest BCUT2D eigenvalue weighted by atomic mass is 15.2. The van der Waals surface area contributed by atoms with Crippen LogP contribution >= 0.6 is 0 Å². The lowest BCUT2D eigenvalue weighted by Gasteiger charge is -2.32. The molecule has 0 saturated heterocycles. The molecule has 0 radical (unpaired) electrons. The Morgan fingerprint density at radius 3 is 1.38 bits per heavy atom. The SMILES string of the molecule is CC1(C)c2ccccc2-c2ccc(N(c3ccc4c(c3)C3(c5ccccc5-c5ccccc53)c3ccccc3-4)c3ccc4c(c3)cc(-c3ccccc3)n3nc(-c5ccccc5)c(-c5ccccc5)c43)cc21. The Balaban J connectivity index is 1.01. The Bertz CT molecular complexity index is 4120. The molecule has 3 nitrogen and oxygen atoms in total. The fraction of sp³-hybridized carbons (Fsp3) is 0.0580. The van der Waals surface area contributed by atoms with Gasteiger partial charge in [-0.15, -0.1) is 0 Å². The van der Waals surface area contributed by atoms with Crippen LogP contribution in [0.4, 0.5) is 17.1 Å². The van der Waals surface area contributed by atoms with Gasteiger partial charge in [0.05, 0.1) is 16.6 Å². The van der Waals surface area contributed by atoms with Crippen LogP contribution in [0.15, 0.2) is 249 Å². The van der Waals surface area contributed by atoms with Crippen LogP contribution in [0.5, 0.6) is 0 Å². The van der Waals surface area contributed by atoms with Crippen LogP contribution in [0.1, 0.15) is 47.2 Å². The minimum absolute atomic E-state index is 0.180. The molecule has 0 unspecified atom stereocenters. The molecule has 1 spiro atoms. The average molecular weight is 918 g/mol. The number of aromatic nitrogens is 2. The number of hydrogen-bond acceptors (Lipinski definition) is 2. The van der Waals surface area contributed by atoms with Crippen LogP contribution in [0.25, 0.3) is 83.3 Å². The summed E-state index contributed by atoms with van der Waals surface area (Å²) >= 11 is 0. The van der Waals surface area contributed by atoms with Gasteiger partial charge in [-0.3, -0.25) is 0 Å². The molecule has 338 valence electrons. The molecule has 72 heavy (non-hydrogen) atoms. The summed E-state index contributed by atoms with van der Waals surface area (Å²) in [6.07, 6.45) is 0. The minimum Gasteiger partial charge on any atom is -0.310 e. The molecule has 2 aromatic heterocycles. The predicted molar refractivity (Wildman–Crippen MR) is 298 cm³/mol. The Hall–Kier alpha value is -9.05. The van der Waals surface area contributed by atoms with Crippen LogP contribution in [-0.4, -0.2) is 9.61 Å². The van der Waals surface area contributed by atoms with Crippen LogP contribution in [0.3, 0.4) is 0 Å². The third kappa shape index (κ3) is 5.59. The number of rotatable bonds is 6. The van der Waals surface area contributed by atoms with Crippen molar-refractivity contribution in [1.29, 1.82) is 0 Å². The minimum atomic E-state index is -0.478. The lowest BCUT2D eigenvalue weighted by Crippen LogP contribution is -2.26. The van der Waals surface area contributed by atoms with Crippen molar-refractivity contribution < 1.29 is 0 Å². The van der Waals surface area contributed by atoms with E-state index >= 15 is 0 Å². The summed E-state index contributed by atoms with van der Waals surface area (Å²) in [4.78, 5) is 2.51. The largest absolute Gasteiger partial charge is 0.310 e. The Labute approximate surface area is 419 Å². The van der Waals surface area contributed by atoms with Crippen molar-refractivity contribution in [1.82, 2.24) is 9.61 Å². The summed E-state index contributed by atoms with van der Waals surface area (Å²) in [5.41, 5.74) is 26.0. The van der Waals surface area contributed by atoms with E-state index in [1.54, 1.807) is 0 Å². The molecule has 3 heteroatoms. The average Bonchev–Trinajstić information content (AvgIpc) is 4.15. The molecule has 10 aromatic carbocycles. The first-order valence-corrected chi connectivity index (χ1v) is 25.1. The molecule has 0 amide bonds. The van der Waals surface area contributed by atoms with Crippen LogP contribution in [0, 0.1) is 0 Å². The molecule has 15 rings (SSSR count). The van der Waals surface area contributed by atoms with E-state index in [9.17, 15) is 0 Å². The fourth-order valence-electron chi connectivity index (χ4n) is 13.1. The summed E-state index contributed by atoms with van der Waals surface area (Å²) in [7, 11) is 0. The first-order chi connectivity index (χ1) is 35.5. The smallest absolute Gasteiger partial charge is 0.101 e. The van der Waals surface area contributed by atoms with Crippen molar-refractivity contribution in [2.24, 2.45) is 0 Å². The number of nitrogens with zero attached hydrogens (tertiary/aromatic N) is 3. The van der Waals surface area contributed by atoms with Gasteiger partial charge in [-0.2, -0.15) is 5.10 Å². The Morgan fingerprint density at radius 1 is 0.361 bits per heavy atom. The zero-order chi connectivity index (χ0) is 47.7. The van der Waals surface area contributed by atoms with E-state index in [4.69, 9.17) is 5.10 Å². The summed E-state index contributed by atoms with van der Waals surface area (Å²) < 4.78 is 2.19. The quantitative estimate of drug-likeness (QED) is 0.166. The Morgan fingerprint density at radius 2 is 0.792 bits per heavy atom. The van der Waals surface area contributed by atoms with E-state index in [1.165, 1.54) is 66.8 Å². The van der Waals surface area contributed by atoms with Crippen molar-refractivity contribution in [3.05, 3.63) is 282 Å². The lowest BCUT2D eigenvalue weighted by molar-refractivity contribution is 0.660. The summed E-state index contributed by atoms with van der Waals surface area (Å²) in [5.74, 6) is 0. The van der Waals surface area contributed by atoms with Crippen molar-refractivity contribution in [2.45, 2.75) is 24.7 Å². The maximum Gasteiger partial charge on any atom is 0.101 e. The maximum atomic E-state index is 5.53. The van der Waals surface area contributed by atoms with E-state index in [2.05, 4.69) is 272 Å². The number of fused-ring (bicyclic) bond motifs is 16. The topological polar surface area (TPSA) is 20.5 Å². The molecule has 0 bridgehead atoms. The number of hydrogen-bond donors (Lipinski definition) is 0. The van der Waals surface area contributed by atoms with Crippen LogP contribution in [0.2, 0.25) is 0 Å². The number of anilines is 3. The molecule has 3 aliphatic carbocycles. The highest BCUT2D eigenvalue weighted by molar-refractivity contribution is 6.10. The van der Waals surface area contributed by atoms with E-state index in [-0.39, 0.29) is 5.41 Å². The first kappa shape index (κ1) is 40.8. The summed E-state index contributed by atoms with van der Waals surface area (Å²) in [5, 5.41) is 7.80. The van der Waals surface area contributed by atoms with Gasteiger partial charge in [0, 0.05) is 44.6 Å². The highest BCUT2D eigenvalue weighted by Crippen LogP contribution is 2.63. The van der Waals surface area contributed by atoms with Crippen molar-refractivity contribution in [2.75, 3.05) is 4.90 Å². The van der Waals surface area contributed by atoms with Gasteiger partial charge in [-0.05, 0) is 120 Å². The first-order valence-electron chi connectivity index (χ1n) is 25.1. The van der Waals surface area contributed by atoms with Gasteiger partial charge >= 0.3 is 0 Å². The monoisotopic (exact) mass is 917 g/mol. The molecule has 0 fully saturated rings. The van der Waals surface area contributed by atoms with Gasteiger partial charge in [-0.1, -0.05) is 220 Å². The van der Waals surface area contributed by atoms with Crippen molar-refractivity contribution >= 4 is 33.4 Å². The standard InChI is InChI=1S/C69H47N3/c1-68(2)58-30-16-12-26-52(58)56-38-35-49(42-62(56)68)71(50-36-39-57-55-29-15-19-33-61(55)69(63(57)43-50)59-31-17-13-27-53(59)54-28-14-18-32-60(54)69)48-34-37-51-47(40-48)41-64(44-20-6-3-7-21-44)72-67(51)65(45-22-8-4-9-23-45)66(70-72)46-24-10-5-11-25-46/h3-43H,1-2H3. The van der Waals surface area contributed by atoms with Gasteiger partial charge < -0.3 is 4.90 Å². The van der Waals surface area contributed by atoms with Crippen molar-refractivity contribution in [3.63, 3.8) is 0 Å². The zero-order valence-corrected chi connectivity index (χ0v) is 40.0. The van der Waals surface area contributed by atoms with Crippen LogP contribution < -0.4 is 4.90 Å². The molecule has 2 heterocycles.